The molecule has 1 atom stereocenters. The average Bonchev–Trinajstić information content (AvgIpc) is 2.75. The molecule has 0 saturated carbocycles. The van der Waals surface area contributed by atoms with E-state index in [-0.39, 0.29) is 11.8 Å². The smallest absolute Gasteiger partial charge is 0.234 e. The molecule has 0 aromatic heterocycles. The van der Waals surface area contributed by atoms with Crippen LogP contribution >= 0.6 is 0 Å². The highest BCUT2D eigenvalue weighted by Gasteiger charge is 2.33. The lowest BCUT2D eigenvalue weighted by atomic mass is 9.94. The van der Waals surface area contributed by atoms with Crippen molar-refractivity contribution in [3.63, 3.8) is 0 Å². The third-order valence-electron chi connectivity index (χ3n) is 4.65. The standard InChI is InChI=1S/C19H29NO/c1-3-4-5-6-7-8-9-10-14-17-16-13-11-12-15-18(16)20(2)19(17)21/h11-13,15,17H,3-10,14H2,1-2H3. The van der Waals surface area contributed by atoms with Crippen LogP contribution in [-0.2, 0) is 4.79 Å². The fourth-order valence-corrected chi connectivity index (χ4v) is 3.33. The first-order valence-electron chi connectivity index (χ1n) is 8.62. The quantitative estimate of drug-likeness (QED) is 0.566. The van der Waals surface area contributed by atoms with Gasteiger partial charge in [-0.2, -0.15) is 0 Å². The van der Waals surface area contributed by atoms with Crippen molar-refractivity contribution in [2.75, 3.05) is 11.9 Å². The number of benzene rings is 1. The summed E-state index contributed by atoms with van der Waals surface area (Å²) >= 11 is 0. The van der Waals surface area contributed by atoms with Gasteiger partial charge in [-0.3, -0.25) is 4.79 Å². The predicted molar refractivity (Wildman–Crippen MR) is 89.8 cm³/mol. The Balaban J connectivity index is 1.71. The van der Waals surface area contributed by atoms with E-state index >= 15 is 0 Å². The molecule has 2 rings (SSSR count). The van der Waals surface area contributed by atoms with Crippen molar-refractivity contribution in [2.45, 2.75) is 70.6 Å². The van der Waals surface area contributed by atoms with Crippen molar-refractivity contribution >= 4 is 11.6 Å². The van der Waals surface area contributed by atoms with E-state index in [4.69, 9.17) is 0 Å². The molecule has 1 aliphatic rings. The molecule has 0 bridgehead atoms. The van der Waals surface area contributed by atoms with E-state index in [9.17, 15) is 4.79 Å². The summed E-state index contributed by atoms with van der Waals surface area (Å²) in [6.45, 7) is 2.26. The Bertz CT molecular complexity index is 455. The van der Waals surface area contributed by atoms with Crippen LogP contribution in [0, 0.1) is 0 Å². The number of anilines is 1. The summed E-state index contributed by atoms with van der Waals surface area (Å²) in [5.41, 5.74) is 2.33. The van der Waals surface area contributed by atoms with Gasteiger partial charge in [0.25, 0.3) is 0 Å². The van der Waals surface area contributed by atoms with Gasteiger partial charge in [-0.15, -0.1) is 0 Å². The van der Waals surface area contributed by atoms with Crippen molar-refractivity contribution < 1.29 is 4.79 Å². The Labute approximate surface area is 129 Å². The number of likely N-dealkylation sites (N-methyl/N-ethyl adjacent to an activating group) is 1. The van der Waals surface area contributed by atoms with Crippen LogP contribution in [0.1, 0.15) is 76.2 Å². The Hall–Kier alpha value is -1.31. The lowest BCUT2D eigenvalue weighted by molar-refractivity contribution is -0.119. The first-order valence-corrected chi connectivity index (χ1v) is 8.62. The maximum absolute atomic E-state index is 12.3. The monoisotopic (exact) mass is 287 g/mol. The number of carbonyl (C=O) groups excluding carboxylic acids is 1. The molecule has 2 nitrogen and oxygen atoms in total. The molecule has 0 radical (unpaired) electrons. The lowest BCUT2D eigenvalue weighted by Gasteiger charge is -2.11. The topological polar surface area (TPSA) is 20.3 Å². The van der Waals surface area contributed by atoms with Crippen molar-refractivity contribution in [1.29, 1.82) is 0 Å². The molecule has 0 aliphatic carbocycles. The number of hydrogen-bond donors (Lipinski definition) is 0. The van der Waals surface area contributed by atoms with E-state index in [0.717, 1.165) is 12.1 Å². The maximum Gasteiger partial charge on any atom is 0.234 e. The van der Waals surface area contributed by atoms with Gasteiger partial charge in [-0.1, -0.05) is 76.5 Å². The largest absolute Gasteiger partial charge is 0.315 e. The minimum Gasteiger partial charge on any atom is -0.315 e. The fraction of sp³-hybridized carbons (Fsp3) is 0.632. The van der Waals surface area contributed by atoms with Crippen LogP contribution in [0.2, 0.25) is 0 Å². The second-order valence-electron chi connectivity index (χ2n) is 6.27. The van der Waals surface area contributed by atoms with E-state index in [1.54, 1.807) is 0 Å². The number of amides is 1. The first-order chi connectivity index (χ1) is 10.3. The molecular formula is C19H29NO. The number of nitrogens with zero attached hydrogens (tertiary/aromatic N) is 1. The number of para-hydroxylation sites is 1. The normalized spacial score (nSPS) is 17.3. The van der Waals surface area contributed by atoms with Gasteiger partial charge in [0.1, 0.15) is 0 Å². The summed E-state index contributed by atoms with van der Waals surface area (Å²) in [5, 5.41) is 0. The van der Waals surface area contributed by atoms with Crippen LogP contribution < -0.4 is 4.90 Å². The fourth-order valence-electron chi connectivity index (χ4n) is 3.33. The van der Waals surface area contributed by atoms with Crippen LogP contribution in [0.25, 0.3) is 0 Å². The van der Waals surface area contributed by atoms with Crippen LogP contribution in [0.4, 0.5) is 5.69 Å². The average molecular weight is 287 g/mol. The minimum absolute atomic E-state index is 0.103. The van der Waals surface area contributed by atoms with Crippen LogP contribution in [0.5, 0.6) is 0 Å². The zero-order valence-electron chi connectivity index (χ0n) is 13.6. The summed E-state index contributed by atoms with van der Waals surface area (Å²) in [5.74, 6) is 0.380. The highest BCUT2D eigenvalue weighted by atomic mass is 16.2. The first kappa shape index (κ1) is 16.1. The molecular weight excluding hydrogens is 258 g/mol. The third-order valence-corrected chi connectivity index (χ3v) is 4.65. The SMILES string of the molecule is CCCCCCCCCCC1C(=O)N(C)c2ccccc21. The summed E-state index contributed by atoms with van der Waals surface area (Å²) in [7, 11) is 1.90. The van der Waals surface area contributed by atoms with Gasteiger partial charge in [0.2, 0.25) is 5.91 Å². The number of carbonyl (C=O) groups is 1. The molecule has 1 unspecified atom stereocenters. The summed E-state index contributed by atoms with van der Waals surface area (Å²) in [6.07, 6.45) is 11.6. The minimum atomic E-state index is 0.103. The van der Waals surface area contributed by atoms with Gasteiger partial charge < -0.3 is 4.90 Å². The van der Waals surface area contributed by atoms with Crippen LogP contribution in [-0.4, -0.2) is 13.0 Å². The Kier molecular flexibility index (Phi) is 6.28. The van der Waals surface area contributed by atoms with E-state index in [1.807, 2.05) is 24.1 Å². The van der Waals surface area contributed by atoms with Crippen molar-refractivity contribution in [3.05, 3.63) is 29.8 Å². The highest BCUT2D eigenvalue weighted by Crippen LogP contribution is 2.38. The Morgan fingerprint density at radius 2 is 1.57 bits per heavy atom. The van der Waals surface area contributed by atoms with Crippen LogP contribution in [0.15, 0.2) is 24.3 Å². The molecule has 1 heterocycles. The van der Waals surface area contributed by atoms with E-state index in [1.165, 1.54) is 56.9 Å². The molecule has 0 fully saturated rings. The van der Waals surface area contributed by atoms with E-state index in [0.29, 0.717) is 0 Å². The molecule has 21 heavy (non-hydrogen) atoms. The van der Waals surface area contributed by atoms with E-state index in [2.05, 4.69) is 19.1 Å². The number of hydrogen-bond acceptors (Lipinski definition) is 1. The summed E-state index contributed by atoms with van der Waals surface area (Å²) < 4.78 is 0. The molecule has 0 N–H and O–H groups in total. The van der Waals surface area contributed by atoms with Gasteiger partial charge in [0.15, 0.2) is 0 Å². The zero-order valence-corrected chi connectivity index (χ0v) is 13.6. The molecule has 1 aromatic carbocycles. The number of rotatable bonds is 9. The molecule has 116 valence electrons. The van der Waals surface area contributed by atoms with Crippen molar-refractivity contribution in [1.82, 2.24) is 0 Å². The third kappa shape index (κ3) is 4.09. The predicted octanol–water partition coefficient (Wildman–Crippen LogP) is 5.28. The Morgan fingerprint density at radius 3 is 2.29 bits per heavy atom. The maximum atomic E-state index is 12.3. The van der Waals surface area contributed by atoms with Gasteiger partial charge >= 0.3 is 0 Å². The van der Waals surface area contributed by atoms with Gasteiger partial charge in [0, 0.05) is 12.7 Å². The molecule has 0 spiro atoms. The van der Waals surface area contributed by atoms with Gasteiger partial charge in [0.05, 0.1) is 5.92 Å². The highest BCUT2D eigenvalue weighted by molar-refractivity contribution is 6.04. The Morgan fingerprint density at radius 1 is 0.952 bits per heavy atom. The summed E-state index contributed by atoms with van der Waals surface area (Å²) in [4.78, 5) is 14.2. The van der Waals surface area contributed by atoms with Crippen LogP contribution in [0.3, 0.4) is 0 Å². The summed E-state index contributed by atoms with van der Waals surface area (Å²) in [6, 6.07) is 8.24. The molecule has 0 saturated heterocycles. The lowest BCUT2D eigenvalue weighted by Crippen LogP contribution is -2.23. The number of fused-ring (bicyclic) bond motifs is 1. The molecule has 1 amide bonds. The second kappa shape index (κ2) is 8.21. The molecule has 1 aromatic rings. The molecule has 1 aliphatic heterocycles. The van der Waals surface area contributed by atoms with Gasteiger partial charge in [-0.05, 0) is 18.1 Å². The molecule has 2 heteroatoms. The van der Waals surface area contributed by atoms with E-state index < -0.39 is 0 Å². The number of unbranched alkanes of at least 4 members (excludes halogenated alkanes) is 7. The van der Waals surface area contributed by atoms with Crippen molar-refractivity contribution in [3.8, 4) is 0 Å². The van der Waals surface area contributed by atoms with Crippen molar-refractivity contribution in [2.24, 2.45) is 0 Å². The second-order valence-corrected chi connectivity index (χ2v) is 6.27. The van der Waals surface area contributed by atoms with Gasteiger partial charge in [-0.25, -0.2) is 0 Å². The zero-order chi connectivity index (χ0) is 15.1.